The highest BCUT2D eigenvalue weighted by Crippen LogP contribution is 2.44. The Morgan fingerprint density at radius 2 is 1.70 bits per heavy atom. The summed E-state index contributed by atoms with van der Waals surface area (Å²) in [5.74, 6) is -1.77. The number of hydrogen-bond acceptors (Lipinski definition) is 7. The Bertz CT molecular complexity index is 1390. The Kier molecular flexibility index (Phi) is 7.29. The lowest BCUT2D eigenvalue weighted by atomic mass is 9.94. The third kappa shape index (κ3) is 4.78. The SMILES string of the molecule is CCOC(=O)c1ccc(N2C(=O)C(=O)/C(=C(/O)c3cc(OC)ccc3OC)C2c2cccc(C)c2)cc1. The van der Waals surface area contributed by atoms with E-state index in [-0.39, 0.29) is 23.5 Å². The van der Waals surface area contributed by atoms with Crippen LogP contribution in [-0.2, 0) is 14.3 Å². The molecule has 190 valence electrons. The van der Waals surface area contributed by atoms with Crippen LogP contribution in [0.3, 0.4) is 0 Å². The number of aliphatic hydroxyl groups excluding tert-OH is 1. The minimum atomic E-state index is -0.927. The Morgan fingerprint density at radius 1 is 0.973 bits per heavy atom. The first-order valence-electron chi connectivity index (χ1n) is 11.7. The maximum Gasteiger partial charge on any atom is 0.338 e. The van der Waals surface area contributed by atoms with Gasteiger partial charge in [-0.3, -0.25) is 14.5 Å². The highest BCUT2D eigenvalue weighted by molar-refractivity contribution is 6.51. The van der Waals surface area contributed by atoms with Gasteiger partial charge in [-0.25, -0.2) is 4.79 Å². The smallest absolute Gasteiger partial charge is 0.338 e. The van der Waals surface area contributed by atoms with Crippen LogP contribution in [-0.4, -0.2) is 43.6 Å². The van der Waals surface area contributed by atoms with E-state index in [1.807, 2.05) is 25.1 Å². The summed E-state index contributed by atoms with van der Waals surface area (Å²) in [6.45, 7) is 3.84. The van der Waals surface area contributed by atoms with E-state index in [4.69, 9.17) is 14.2 Å². The number of aryl methyl sites for hydroxylation is 1. The van der Waals surface area contributed by atoms with Gasteiger partial charge in [-0.15, -0.1) is 0 Å². The fourth-order valence-corrected chi connectivity index (χ4v) is 4.37. The summed E-state index contributed by atoms with van der Waals surface area (Å²) in [6.07, 6.45) is 0. The van der Waals surface area contributed by atoms with Gasteiger partial charge in [0, 0.05) is 5.69 Å². The van der Waals surface area contributed by atoms with Gasteiger partial charge >= 0.3 is 5.97 Å². The number of ketones is 1. The highest BCUT2D eigenvalue weighted by Gasteiger charge is 2.47. The summed E-state index contributed by atoms with van der Waals surface area (Å²) in [5.41, 5.74) is 2.39. The third-order valence-electron chi connectivity index (χ3n) is 6.12. The molecule has 1 atom stereocenters. The number of hydrogen-bond donors (Lipinski definition) is 1. The molecular weight excluding hydrogens is 474 g/mol. The average Bonchev–Trinajstić information content (AvgIpc) is 3.18. The molecule has 0 aliphatic carbocycles. The lowest BCUT2D eigenvalue weighted by Crippen LogP contribution is -2.29. The van der Waals surface area contributed by atoms with Gasteiger partial charge in [0.25, 0.3) is 11.7 Å². The van der Waals surface area contributed by atoms with Crippen LogP contribution in [0.15, 0.2) is 72.3 Å². The first-order chi connectivity index (χ1) is 17.8. The number of carbonyl (C=O) groups is 3. The third-order valence-corrected chi connectivity index (χ3v) is 6.12. The van der Waals surface area contributed by atoms with E-state index in [9.17, 15) is 19.5 Å². The average molecular weight is 502 g/mol. The maximum absolute atomic E-state index is 13.4. The first-order valence-corrected chi connectivity index (χ1v) is 11.7. The lowest BCUT2D eigenvalue weighted by molar-refractivity contribution is -0.132. The molecule has 1 amide bonds. The van der Waals surface area contributed by atoms with Crippen LogP contribution in [0.25, 0.3) is 5.76 Å². The molecule has 4 rings (SSSR count). The predicted molar refractivity (Wildman–Crippen MR) is 138 cm³/mol. The van der Waals surface area contributed by atoms with Crippen LogP contribution in [0.1, 0.15) is 40.0 Å². The fourth-order valence-electron chi connectivity index (χ4n) is 4.37. The van der Waals surface area contributed by atoms with E-state index in [0.29, 0.717) is 28.3 Å². The van der Waals surface area contributed by atoms with Gasteiger partial charge in [-0.05, 0) is 61.9 Å². The molecule has 1 heterocycles. The molecule has 8 nitrogen and oxygen atoms in total. The number of benzene rings is 3. The molecule has 8 heteroatoms. The summed E-state index contributed by atoms with van der Waals surface area (Å²) < 4.78 is 15.7. The summed E-state index contributed by atoms with van der Waals surface area (Å²) in [6, 6.07) is 17.5. The molecule has 1 aliphatic heterocycles. The van der Waals surface area contributed by atoms with Gasteiger partial charge in [0.15, 0.2) is 0 Å². The second kappa shape index (κ2) is 10.6. The van der Waals surface area contributed by atoms with Gasteiger partial charge in [0.05, 0.1) is 43.6 Å². The molecule has 0 radical (unpaired) electrons. The molecule has 0 saturated carbocycles. The number of aliphatic hydroxyl groups is 1. The molecule has 0 spiro atoms. The number of ether oxygens (including phenoxy) is 3. The molecule has 3 aromatic carbocycles. The lowest BCUT2D eigenvalue weighted by Gasteiger charge is -2.26. The van der Waals surface area contributed by atoms with Crippen molar-refractivity contribution in [3.05, 3.63) is 94.6 Å². The highest BCUT2D eigenvalue weighted by atomic mass is 16.5. The van der Waals surface area contributed by atoms with E-state index in [0.717, 1.165) is 5.56 Å². The van der Waals surface area contributed by atoms with Gasteiger partial charge < -0.3 is 19.3 Å². The van der Waals surface area contributed by atoms with Crippen molar-refractivity contribution in [2.24, 2.45) is 0 Å². The van der Waals surface area contributed by atoms with Crippen LogP contribution in [0.4, 0.5) is 5.69 Å². The molecule has 1 aliphatic rings. The number of nitrogens with zero attached hydrogens (tertiary/aromatic N) is 1. The van der Waals surface area contributed by atoms with Crippen molar-refractivity contribution in [2.45, 2.75) is 19.9 Å². The second-order valence-electron chi connectivity index (χ2n) is 8.42. The van der Waals surface area contributed by atoms with Crippen molar-refractivity contribution in [2.75, 3.05) is 25.7 Å². The van der Waals surface area contributed by atoms with Gasteiger partial charge in [-0.2, -0.15) is 0 Å². The van der Waals surface area contributed by atoms with E-state index in [1.165, 1.54) is 31.3 Å². The number of anilines is 1. The minimum Gasteiger partial charge on any atom is -0.507 e. The zero-order valence-corrected chi connectivity index (χ0v) is 21.0. The number of methoxy groups -OCH3 is 2. The number of carbonyl (C=O) groups excluding carboxylic acids is 3. The molecular formula is C29H27NO7. The zero-order chi connectivity index (χ0) is 26.7. The molecule has 0 aromatic heterocycles. The van der Waals surface area contributed by atoms with Crippen LogP contribution in [0.2, 0.25) is 0 Å². The van der Waals surface area contributed by atoms with Crippen molar-refractivity contribution in [1.82, 2.24) is 0 Å². The van der Waals surface area contributed by atoms with Crippen molar-refractivity contribution < 1.29 is 33.7 Å². The van der Waals surface area contributed by atoms with Crippen LogP contribution >= 0.6 is 0 Å². The van der Waals surface area contributed by atoms with Gasteiger partial charge in [0.2, 0.25) is 0 Å². The largest absolute Gasteiger partial charge is 0.507 e. The molecule has 0 bridgehead atoms. The van der Waals surface area contributed by atoms with E-state index >= 15 is 0 Å². The van der Waals surface area contributed by atoms with Crippen molar-refractivity contribution >= 4 is 29.1 Å². The summed E-state index contributed by atoms with van der Waals surface area (Å²) in [7, 11) is 2.93. The number of amides is 1. The van der Waals surface area contributed by atoms with Crippen molar-refractivity contribution in [3.8, 4) is 11.5 Å². The number of rotatable bonds is 7. The minimum absolute atomic E-state index is 0.0865. The van der Waals surface area contributed by atoms with Gasteiger partial charge in [0.1, 0.15) is 17.3 Å². The van der Waals surface area contributed by atoms with E-state index < -0.39 is 23.7 Å². The van der Waals surface area contributed by atoms with Gasteiger partial charge in [-0.1, -0.05) is 29.8 Å². The molecule has 1 unspecified atom stereocenters. The summed E-state index contributed by atoms with van der Waals surface area (Å²) in [5, 5.41) is 11.5. The van der Waals surface area contributed by atoms with Crippen molar-refractivity contribution in [3.63, 3.8) is 0 Å². The predicted octanol–water partition coefficient (Wildman–Crippen LogP) is 4.82. The zero-order valence-electron chi connectivity index (χ0n) is 21.0. The van der Waals surface area contributed by atoms with E-state index in [2.05, 4.69) is 0 Å². The van der Waals surface area contributed by atoms with E-state index in [1.54, 1.807) is 43.3 Å². The summed E-state index contributed by atoms with van der Waals surface area (Å²) >= 11 is 0. The molecule has 1 N–H and O–H groups in total. The fraction of sp³-hybridized carbons (Fsp3) is 0.207. The van der Waals surface area contributed by atoms with Crippen LogP contribution in [0, 0.1) is 6.92 Å². The second-order valence-corrected chi connectivity index (χ2v) is 8.42. The maximum atomic E-state index is 13.4. The Balaban J connectivity index is 1.92. The monoisotopic (exact) mass is 501 g/mol. The molecule has 1 saturated heterocycles. The normalized spacial score (nSPS) is 16.5. The Morgan fingerprint density at radius 3 is 2.32 bits per heavy atom. The quantitative estimate of drug-likeness (QED) is 0.214. The molecule has 3 aromatic rings. The molecule has 1 fully saturated rings. The Hall–Kier alpha value is -4.59. The Labute approximate surface area is 214 Å². The molecule has 37 heavy (non-hydrogen) atoms. The summed E-state index contributed by atoms with van der Waals surface area (Å²) in [4.78, 5) is 40.3. The number of Topliss-reactive ketones (excluding diaryl/α,β-unsaturated/α-hetero) is 1. The van der Waals surface area contributed by atoms with Crippen LogP contribution in [0.5, 0.6) is 11.5 Å². The first kappa shape index (κ1) is 25.5. The topological polar surface area (TPSA) is 102 Å². The standard InChI is InChI=1S/C29H27NO7/c1-5-37-29(34)18-9-11-20(12-10-18)30-25(19-8-6-7-17(2)15-19)24(27(32)28(30)33)26(31)22-16-21(35-3)13-14-23(22)36-4/h6-16,25,31H,5H2,1-4H3/b26-24+. The number of esters is 1. The van der Waals surface area contributed by atoms with Crippen molar-refractivity contribution in [1.29, 1.82) is 0 Å². The van der Waals surface area contributed by atoms with Crippen LogP contribution < -0.4 is 14.4 Å².